The van der Waals surface area contributed by atoms with Crippen molar-refractivity contribution >= 4 is 47.7 Å². The molecule has 0 spiro atoms. The summed E-state index contributed by atoms with van der Waals surface area (Å²) in [7, 11) is 5.20. The molecular formula is C21H26Cl2N4O3. The highest BCUT2D eigenvalue weighted by Crippen LogP contribution is 2.24. The van der Waals surface area contributed by atoms with Crippen LogP contribution in [0.5, 0.6) is 0 Å². The molecule has 0 atom stereocenters. The Morgan fingerprint density at radius 1 is 1.10 bits per heavy atom. The summed E-state index contributed by atoms with van der Waals surface area (Å²) in [5.74, 6) is 0.245. The lowest BCUT2D eigenvalue weighted by Gasteiger charge is -2.05. The number of aryl methyl sites for hydroxylation is 1. The fraction of sp³-hybridized carbons (Fsp3) is 0.286. The molecule has 2 aromatic carbocycles. The first-order chi connectivity index (χ1) is 13.5. The van der Waals surface area contributed by atoms with Crippen LogP contribution in [0.3, 0.4) is 0 Å². The molecule has 0 radical (unpaired) electrons. The average Bonchev–Trinajstić information content (AvgIpc) is 3.04. The van der Waals surface area contributed by atoms with Crippen molar-refractivity contribution < 1.29 is 14.3 Å². The Balaban J connectivity index is 0.00000225. The molecular weight excluding hydrogens is 427 g/mol. The van der Waals surface area contributed by atoms with Gasteiger partial charge in [-0.3, -0.25) is 9.59 Å². The molecule has 1 heterocycles. The second kappa shape index (κ2) is 11.5. The van der Waals surface area contributed by atoms with Gasteiger partial charge in [-0.1, -0.05) is 24.3 Å². The zero-order valence-electron chi connectivity index (χ0n) is 17.1. The van der Waals surface area contributed by atoms with Crippen molar-refractivity contribution in [3.63, 3.8) is 0 Å². The maximum Gasteiger partial charge on any atom is 0.307 e. The van der Waals surface area contributed by atoms with Crippen molar-refractivity contribution in [3.8, 4) is 11.4 Å². The van der Waals surface area contributed by atoms with E-state index in [2.05, 4.69) is 27.5 Å². The molecule has 0 saturated heterocycles. The fourth-order valence-electron chi connectivity index (χ4n) is 3.06. The summed E-state index contributed by atoms with van der Waals surface area (Å²) < 4.78 is 6.58. The molecule has 0 aliphatic rings. The number of carbonyl (C=O) groups excluding carboxylic acids is 2. The zero-order chi connectivity index (χ0) is 20.1. The van der Waals surface area contributed by atoms with Crippen LogP contribution in [0.1, 0.15) is 22.3 Å². The van der Waals surface area contributed by atoms with Gasteiger partial charge in [-0.25, -0.2) is 4.98 Å². The first kappa shape index (κ1) is 25.4. The standard InChI is InChI=1S/C21H24N4O3.2ClH/c1-22-13-14-4-6-15(7-5-14)20-24-17-12-16(8-9-18(17)25(20)2)21(27)23-11-10-19(26)28-3;;/h4-9,12,22H,10-11,13H2,1-3H3,(H,23,27);2*1H. The van der Waals surface area contributed by atoms with Crippen LogP contribution in [0.4, 0.5) is 0 Å². The van der Waals surface area contributed by atoms with Gasteiger partial charge in [0.1, 0.15) is 5.82 Å². The van der Waals surface area contributed by atoms with Gasteiger partial charge in [0.05, 0.1) is 24.6 Å². The van der Waals surface area contributed by atoms with E-state index in [4.69, 9.17) is 4.98 Å². The van der Waals surface area contributed by atoms with Gasteiger partial charge in [0.2, 0.25) is 0 Å². The normalized spacial score (nSPS) is 10.1. The molecule has 3 rings (SSSR count). The third kappa shape index (κ3) is 5.72. The maximum absolute atomic E-state index is 12.3. The van der Waals surface area contributed by atoms with Crippen LogP contribution in [-0.4, -0.2) is 42.1 Å². The smallest absolute Gasteiger partial charge is 0.307 e. The largest absolute Gasteiger partial charge is 0.469 e. The van der Waals surface area contributed by atoms with E-state index in [1.165, 1.54) is 12.7 Å². The lowest BCUT2D eigenvalue weighted by molar-refractivity contribution is -0.140. The molecule has 0 aliphatic heterocycles. The van der Waals surface area contributed by atoms with E-state index in [0.717, 1.165) is 29.0 Å². The number of aromatic nitrogens is 2. The van der Waals surface area contributed by atoms with Gasteiger partial charge in [-0.2, -0.15) is 0 Å². The number of nitrogens with one attached hydrogen (secondary N) is 2. The number of carbonyl (C=O) groups is 2. The maximum atomic E-state index is 12.3. The van der Waals surface area contributed by atoms with E-state index >= 15 is 0 Å². The molecule has 162 valence electrons. The van der Waals surface area contributed by atoms with Crippen LogP contribution in [0.2, 0.25) is 0 Å². The second-order valence-electron chi connectivity index (χ2n) is 6.51. The van der Waals surface area contributed by atoms with Crippen LogP contribution in [-0.2, 0) is 23.1 Å². The highest BCUT2D eigenvalue weighted by Gasteiger charge is 2.13. The predicted octanol–water partition coefficient (Wildman–Crippen LogP) is 3.10. The van der Waals surface area contributed by atoms with Gasteiger partial charge in [-0.15, -0.1) is 24.8 Å². The number of hydrogen-bond donors (Lipinski definition) is 2. The molecule has 3 aromatic rings. The minimum absolute atomic E-state index is 0. The number of benzene rings is 2. The number of ether oxygens (including phenoxy) is 1. The molecule has 0 aliphatic carbocycles. The molecule has 9 heteroatoms. The van der Waals surface area contributed by atoms with E-state index in [1.807, 2.05) is 36.9 Å². The van der Waals surface area contributed by atoms with Crippen LogP contribution < -0.4 is 10.6 Å². The van der Waals surface area contributed by atoms with Crippen molar-refractivity contribution in [2.24, 2.45) is 7.05 Å². The van der Waals surface area contributed by atoms with Crippen molar-refractivity contribution in [2.75, 3.05) is 20.7 Å². The van der Waals surface area contributed by atoms with Gasteiger partial charge in [0.15, 0.2) is 0 Å². The number of esters is 1. The summed E-state index contributed by atoms with van der Waals surface area (Å²) in [6.45, 7) is 1.05. The Morgan fingerprint density at radius 2 is 1.80 bits per heavy atom. The van der Waals surface area contributed by atoms with E-state index in [-0.39, 0.29) is 49.7 Å². The highest BCUT2D eigenvalue weighted by atomic mass is 35.5. The van der Waals surface area contributed by atoms with Gasteiger partial charge in [-0.05, 0) is 30.8 Å². The Labute approximate surface area is 188 Å². The SMILES string of the molecule is CNCc1ccc(-c2nc3cc(C(=O)NCCC(=O)OC)ccc3n2C)cc1.Cl.Cl. The molecule has 30 heavy (non-hydrogen) atoms. The Hall–Kier alpha value is -2.61. The molecule has 1 aromatic heterocycles. The van der Waals surface area contributed by atoms with Crippen molar-refractivity contribution in [1.82, 2.24) is 20.2 Å². The fourth-order valence-corrected chi connectivity index (χ4v) is 3.06. The highest BCUT2D eigenvalue weighted by molar-refractivity contribution is 5.98. The van der Waals surface area contributed by atoms with E-state index in [9.17, 15) is 9.59 Å². The van der Waals surface area contributed by atoms with Gasteiger partial charge >= 0.3 is 5.97 Å². The van der Waals surface area contributed by atoms with Gasteiger partial charge in [0.25, 0.3) is 5.91 Å². The van der Waals surface area contributed by atoms with Crippen molar-refractivity contribution in [2.45, 2.75) is 13.0 Å². The van der Waals surface area contributed by atoms with Gasteiger partial charge in [0, 0.05) is 31.3 Å². The van der Waals surface area contributed by atoms with Crippen molar-refractivity contribution in [3.05, 3.63) is 53.6 Å². The van der Waals surface area contributed by atoms with E-state index < -0.39 is 0 Å². The monoisotopic (exact) mass is 452 g/mol. The van der Waals surface area contributed by atoms with Crippen LogP contribution >= 0.6 is 24.8 Å². The van der Waals surface area contributed by atoms with E-state index in [0.29, 0.717) is 5.56 Å². The average molecular weight is 453 g/mol. The van der Waals surface area contributed by atoms with Gasteiger partial charge < -0.3 is 19.9 Å². The number of fused-ring (bicyclic) bond motifs is 1. The van der Waals surface area contributed by atoms with E-state index in [1.54, 1.807) is 12.1 Å². The second-order valence-corrected chi connectivity index (χ2v) is 6.51. The molecule has 0 bridgehead atoms. The first-order valence-corrected chi connectivity index (χ1v) is 9.09. The summed E-state index contributed by atoms with van der Waals surface area (Å²) in [6, 6.07) is 13.7. The summed E-state index contributed by atoms with van der Waals surface area (Å²) in [6.07, 6.45) is 0.141. The molecule has 0 saturated carbocycles. The number of nitrogens with zero attached hydrogens (tertiary/aromatic N) is 2. The third-order valence-electron chi connectivity index (χ3n) is 4.58. The van der Waals surface area contributed by atoms with Crippen molar-refractivity contribution in [1.29, 1.82) is 0 Å². The summed E-state index contributed by atoms with van der Waals surface area (Å²) in [4.78, 5) is 28.2. The number of imidazole rings is 1. The topological polar surface area (TPSA) is 85.2 Å². The number of halogens is 2. The minimum Gasteiger partial charge on any atom is -0.469 e. The molecule has 0 unspecified atom stereocenters. The number of amides is 1. The lowest BCUT2D eigenvalue weighted by Crippen LogP contribution is -2.26. The quantitative estimate of drug-likeness (QED) is 0.537. The number of methoxy groups -OCH3 is 1. The zero-order valence-corrected chi connectivity index (χ0v) is 18.7. The summed E-state index contributed by atoms with van der Waals surface area (Å²) >= 11 is 0. The minimum atomic E-state index is -0.356. The Morgan fingerprint density at radius 3 is 2.43 bits per heavy atom. The molecule has 7 nitrogen and oxygen atoms in total. The lowest BCUT2D eigenvalue weighted by atomic mass is 10.1. The Bertz CT molecular complexity index is 1000. The number of rotatable bonds is 7. The Kier molecular flexibility index (Phi) is 9.78. The van der Waals surface area contributed by atoms with Crippen LogP contribution in [0, 0.1) is 0 Å². The van der Waals surface area contributed by atoms with Crippen LogP contribution in [0.15, 0.2) is 42.5 Å². The predicted molar refractivity (Wildman–Crippen MR) is 122 cm³/mol. The third-order valence-corrected chi connectivity index (χ3v) is 4.58. The molecule has 2 N–H and O–H groups in total. The summed E-state index contributed by atoms with van der Waals surface area (Å²) in [5.41, 5.74) is 4.42. The molecule has 0 fully saturated rings. The molecule has 1 amide bonds. The number of hydrogen-bond acceptors (Lipinski definition) is 5. The van der Waals surface area contributed by atoms with Crippen LogP contribution in [0.25, 0.3) is 22.4 Å². The first-order valence-electron chi connectivity index (χ1n) is 9.09. The summed E-state index contributed by atoms with van der Waals surface area (Å²) in [5, 5.41) is 5.85.